The highest BCUT2D eigenvalue weighted by atomic mass is 16.3. The first-order chi connectivity index (χ1) is 27.0. The molecule has 0 amide bonds. The maximum atomic E-state index is 6.32. The minimum absolute atomic E-state index is 0.0550. The van der Waals surface area contributed by atoms with E-state index in [1.54, 1.807) is 0 Å². The lowest BCUT2D eigenvalue weighted by molar-refractivity contribution is -0.572. The summed E-state index contributed by atoms with van der Waals surface area (Å²) in [6.45, 7) is 13.6. The first-order valence-electron chi connectivity index (χ1n) is 19.5. The van der Waals surface area contributed by atoms with Crippen LogP contribution in [0.1, 0.15) is 63.8 Å². The van der Waals surface area contributed by atoms with E-state index in [0.29, 0.717) is 0 Å². The fourth-order valence-corrected chi connectivity index (χ4v) is 8.30. The van der Waals surface area contributed by atoms with Crippen molar-refractivity contribution in [2.24, 2.45) is 0 Å². The standard InChI is InChI=1S/C51H44N4O/c1-50(2,3)35-20-22-37(23-21-35)53-32-54(44-17-11-10-16-43(44)53)38-29-34(28-36(31-38)51(4,5)6)27-33-19-24-40-39-13-7-9-15-42(39)55(45(40)30-33)49-48-41-14-8-12-18-46(41)56-47(48)25-26-52-49/h7-26,28-31H,27H2,1-6H3. The Morgan fingerprint density at radius 1 is 0.589 bits per heavy atom. The van der Waals surface area contributed by atoms with Crippen molar-refractivity contribution >= 4 is 54.8 Å². The first-order valence-corrected chi connectivity index (χ1v) is 19.5. The fraction of sp³-hybridized carbons (Fsp3) is 0.176. The Labute approximate surface area is 327 Å². The van der Waals surface area contributed by atoms with Crippen molar-refractivity contribution in [1.29, 1.82) is 0 Å². The normalized spacial score (nSPS) is 12.5. The molecule has 0 atom stereocenters. The second kappa shape index (κ2) is 12.5. The Morgan fingerprint density at radius 2 is 1.29 bits per heavy atom. The second-order valence-corrected chi connectivity index (χ2v) is 17.2. The van der Waals surface area contributed by atoms with Crippen LogP contribution in [0, 0.1) is 6.33 Å². The van der Waals surface area contributed by atoms with Crippen molar-refractivity contribution in [3.63, 3.8) is 0 Å². The minimum atomic E-state index is -0.0550. The molecule has 0 radical (unpaired) electrons. The Bertz CT molecular complexity index is 3120. The van der Waals surface area contributed by atoms with E-state index < -0.39 is 0 Å². The van der Waals surface area contributed by atoms with Crippen LogP contribution >= 0.6 is 0 Å². The van der Waals surface area contributed by atoms with Crippen molar-refractivity contribution in [3.05, 3.63) is 174 Å². The molecular weight excluding hydrogens is 685 g/mol. The smallest absolute Gasteiger partial charge is 0.269 e. The van der Waals surface area contributed by atoms with Crippen LogP contribution in [0.15, 0.2) is 150 Å². The summed E-state index contributed by atoms with van der Waals surface area (Å²) < 4.78 is 13.1. The summed E-state index contributed by atoms with van der Waals surface area (Å²) in [7, 11) is 0. The summed E-state index contributed by atoms with van der Waals surface area (Å²) in [6, 6.07) is 50.3. The number of benzene rings is 6. The average molecular weight is 729 g/mol. The summed E-state index contributed by atoms with van der Waals surface area (Å²) in [5.41, 5.74) is 13.5. The number of fused-ring (bicyclic) bond motifs is 7. The molecule has 0 fully saturated rings. The van der Waals surface area contributed by atoms with Gasteiger partial charge in [-0.3, -0.25) is 13.7 Å². The molecular formula is C51H44N4O. The molecule has 10 rings (SSSR count). The van der Waals surface area contributed by atoms with Gasteiger partial charge >= 0.3 is 0 Å². The monoisotopic (exact) mass is 728 g/mol. The van der Waals surface area contributed by atoms with Crippen LogP contribution in [-0.2, 0) is 17.3 Å². The number of rotatable bonds is 5. The third-order valence-corrected chi connectivity index (χ3v) is 11.3. The van der Waals surface area contributed by atoms with Gasteiger partial charge in [0.05, 0.1) is 38.8 Å². The lowest BCUT2D eigenvalue weighted by Gasteiger charge is -2.22. The molecule has 0 aliphatic carbocycles. The van der Waals surface area contributed by atoms with Gasteiger partial charge in [-0.25, -0.2) is 4.98 Å². The molecule has 0 bridgehead atoms. The molecule has 0 saturated heterocycles. The molecule has 0 saturated carbocycles. The van der Waals surface area contributed by atoms with Gasteiger partial charge in [0, 0.05) is 22.4 Å². The van der Waals surface area contributed by atoms with Gasteiger partial charge in [0.15, 0.2) is 0 Å². The van der Waals surface area contributed by atoms with Gasteiger partial charge in [-0.1, -0.05) is 133 Å². The summed E-state index contributed by atoms with van der Waals surface area (Å²) in [6.07, 6.45) is 6.39. The van der Waals surface area contributed by atoms with E-state index in [1.165, 1.54) is 33.0 Å². The van der Waals surface area contributed by atoms with Crippen molar-refractivity contribution < 1.29 is 8.98 Å². The Kier molecular flexibility index (Phi) is 7.63. The molecule has 4 aromatic heterocycles. The van der Waals surface area contributed by atoms with Crippen LogP contribution in [0.25, 0.3) is 72.0 Å². The predicted octanol–water partition coefficient (Wildman–Crippen LogP) is 12.3. The van der Waals surface area contributed by atoms with Gasteiger partial charge in [0.2, 0.25) is 0 Å². The molecule has 0 aliphatic rings. The van der Waals surface area contributed by atoms with Gasteiger partial charge < -0.3 is 4.42 Å². The van der Waals surface area contributed by atoms with E-state index in [1.807, 2.05) is 24.4 Å². The molecule has 0 N–H and O–H groups in total. The SMILES string of the molecule is CC(C)(C)c1ccc(-[n+]2[c-]n(-c3cc(Cc4ccc5c6ccccc6n(-c6nccc7oc8ccccc8c67)c5c4)cc(C(C)(C)C)c3)c3ccccc32)cc1. The molecule has 4 heterocycles. The van der Waals surface area contributed by atoms with Crippen LogP contribution < -0.4 is 4.57 Å². The molecule has 0 spiro atoms. The van der Waals surface area contributed by atoms with Gasteiger partial charge in [-0.05, 0) is 88.0 Å². The van der Waals surface area contributed by atoms with Crippen LogP contribution in [0.4, 0.5) is 0 Å². The number of hydrogen-bond donors (Lipinski definition) is 0. The van der Waals surface area contributed by atoms with Crippen molar-refractivity contribution in [2.45, 2.75) is 58.8 Å². The quantitative estimate of drug-likeness (QED) is 0.131. The molecule has 10 aromatic rings. The van der Waals surface area contributed by atoms with Gasteiger partial charge in [-0.2, -0.15) is 0 Å². The number of pyridine rings is 1. The van der Waals surface area contributed by atoms with Crippen molar-refractivity contribution in [2.75, 3.05) is 0 Å². The highest BCUT2D eigenvalue weighted by Crippen LogP contribution is 2.38. The fourth-order valence-electron chi connectivity index (χ4n) is 8.30. The summed E-state index contributed by atoms with van der Waals surface area (Å²) in [5.74, 6) is 0.879. The number of furan rings is 1. The molecule has 56 heavy (non-hydrogen) atoms. The van der Waals surface area contributed by atoms with Gasteiger partial charge in [0.1, 0.15) is 17.0 Å². The zero-order chi connectivity index (χ0) is 38.3. The molecule has 5 nitrogen and oxygen atoms in total. The predicted molar refractivity (Wildman–Crippen MR) is 230 cm³/mol. The molecule has 0 unspecified atom stereocenters. The molecule has 5 heteroatoms. The van der Waals surface area contributed by atoms with E-state index in [9.17, 15) is 0 Å². The van der Waals surface area contributed by atoms with Crippen LogP contribution in [-0.4, -0.2) is 14.1 Å². The van der Waals surface area contributed by atoms with Gasteiger partial charge in [-0.15, -0.1) is 0 Å². The molecule has 6 aromatic carbocycles. The average Bonchev–Trinajstić information content (AvgIpc) is 3.87. The Hall–Kier alpha value is -6.46. The second-order valence-electron chi connectivity index (χ2n) is 17.2. The van der Waals surface area contributed by atoms with Crippen LogP contribution in [0.3, 0.4) is 0 Å². The molecule has 274 valence electrons. The van der Waals surface area contributed by atoms with E-state index in [-0.39, 0.29) is 10.8 Å². The highest BCUT2D eigenvalue weighted by molar-refractivity contribution is 6.13. The third-order valence-electron chi connectivity index (χ3n) is 11.3. The number of aromatic nitrogens is 4. The van der Waals surface area contributed by atoms with E-state index in [0.717, 1.165) is 67.6 Å². The topological polar surface area (TPSA) is 39.8 Å². The maximum Gasteiger partial charge on any atom is 0.269 e. The summed E-state index contributed by atoms with van der Waals surface area (Å²) in [5, 5.41) is 4.50. The summed E-state index contributed by atoms with van der Waals surface area (Å²) in [4.78, 5) is 5.03. The van der Waals surface area contributed by atoms with E-state index in [4.69, 9.17) is 9.40 Å². The number of hydrogen-bond acceptors (Lipinski definition) is 2. The zero-order valence-electron chi connectivity index (χ0n) is 32.8. The van der Waals surface area contributed by atoms with Crippen molar-refractivity contribution in [3.8, 4) is 17.2 Å². The Balaban J connectivity index is 1.12. The number of nitrogens with zero attached hydrogens (tertiary/aromatic N) is 4. The largest absolute Gasteiger partial charge is 0.456 e. The van der Waals surface area contributed by atoms with Crippen LogP contribution in [0.2, 0.25) is 0 Å². The summed E-state index contributed by atoms with van der Waals surface area (Å²) >= 11 is 0. The number of para-hydroxylation sites is 4. The number of imidazole rings is 1. The van der Waals surface area contributed by atoms with Gasteiger partial charge in [0.25, 0.3) is 6.33 Å². The minimum Gasteiger partial charge on any atom is -0.456 e. The first kappa shape index (κ1) is 34.1. The lowest BCUT2D eigenvalue weighted by Crippen LogP contribution is -2.29. The third kappa shape index (κ3) is 5.61. The maximum absolute atomic E-state index is 6.32. The van der Waals surface area contributed by atoms with Crippen LogP contribution in [0.5, 0.6) is 0 Å². The van der Waals surface area contributed by atoms with Crippen molar-refractivity contribution in [1.82, 2.24) is 14.1 Å². The highest BCUT2D eigenvalue weighted by Gasteiger charge is 2.22. The van der Waals surface area contributed by atoms with E-state index in [2.05, 4.69) is 183 Å². The zero-order valence-corrected chi connectivity index (χ0v) is 32.8. The van der Waals surface area contributed by atoms with E-state index >= 15 is 0 Å². The Morgan fingerprint density at radius 3 is 2.07 bits per heavy atom. The lowest BCUT2D eigenvalue weighted by atomic mass is 9.85. The molecule has 0 aliphatic heterocycles.